The molecule has 0 bridgehead atoms. The number of hydrogen-bond donors (Lipinski definition) is 1. The minimum Gasteiger partial charge on any atom is -0.478 e. The molecule has 1 N–H and O–H groups in total. The van der Waals surface area contributed by atoms with E-state index in [1.807, 2.05) is 6.92 Å². The van der Waals surface area contributed by atoms with E-state index in [0.29, 0.717) is 31.4 Å². The number of hydrogen-bond acceptors (Lipinski definition) is 5. The van der Waals surface area contributed by atoms with Crippen molar-refractivity contribution >= 4 is 11.5 Å². The Morgan fingerprint density at radius 2 is 2.09 bits per heavy atom. The average molecular weight is 320 g/mol. The zero-order chi connectivity index (χ0) is 16.2. The molecule has 0 saturated carbocycles. The zero-order valence-corrected chi connectivity index (χ0v) is 12.8. The normalized spacial score (nSPS) is 17.3. The summed E-state index contributed by atoms with van der Waals surface area (Å²) in [6, 6.07) is 5.69. The van der Waals surface area contributed by atoms with E-state index in [1.165, 1.54) is 24.5 Å². The van der Waals surface area contributed by atoms with E-state index < -0.39 is 11.6 Å². The minimum absolute atomic E-state index is 0.0366. The fraction of sp³-hybridized carbons (Fsp3) is 0.375. The Kier molecular flexibility index (Phi) is 4.55. The second-order valence-electron chi connectivity index (χ2n) is 5.32. The molecule has 7 heteroatoms. The summed E-state index contributed by atoms with van der Waals surface area (Å²) >= 11 is 0. The third-order valence-corrected chi connectivity index (χ3v) is 3.73. The summed E-state index contributed by atoms with van der Waals surface area (Å²) in [6.07, 6.45) is 2.19. The van der Waals surface area contributed by atoms with Crippen molar-refractivity contribution in [3.8, 4) is 5.88 Å². The summed E-state index contributed by atoms with van der Waals surface area (Å²) in [5.41, 5.74) is 0.0366. The van der Waals surface area contributed by atoms with Crippen LogP contribution < -0.4 is 15.0 Å². The highest BCUT2D eigenvalue weighted by atomic mass is 19.1. The molecule has 1 saturated heterocycles. The van der Waals surface area contributed by atoms with Gasteiger partial charge < -0.3 is 15.0 Å². The molecule has 122 valence electrons. The van der Waals surface area contributed by atoms with Gasteiger partial charge in [0.15, 0.2) is 0 Å². The Morgan fingerprint density at radius 3 is 2.83 bits per heavy atom. The van der Waals surface area contributed by atoms with E-state index in [2.05, 4.69) is 15.3 Å². The molecule has 0 amide bonds. The molecular formula is C16H18F2N4O. The Bertz CT molecular complexity index is 663. The largest absolute Gasteiger partial charge is 0.478 e. The zero-order valence-electron chi connectivity index (χ0n) is 12.8. The fourth-order valence-electron chi connectivity index (χ4n) is 2.73. The number of nitrogens with one attached hydrogen (secondary N) is 1. The molecule has 5 nitrogen and oxygen atoms in total. The van der Waals surface area contributed by atoms with E-state index in [1.54, 1.807) is 11.0 Å². The van der Waals surface area contributed by atoms with Gasteiger partial charge in [-0.2, -0.15) is 0 Å². The summed E-state index contributed by atoms with van der Waals surface area (Å²) < 4.78 is 33.0. The molecule has 1 fully saturated rings. The van der Waals surface area contributed by atoms with Gasteiger partial charge in [0.05, 0.1) is 6.61 Å². The molecule has 3 rings (SSSR count). The van der Waals surface area contributed by atoms with Gasteiger partial charge in [0.25, 0.3) is 0 Å². The topological polar surface area (TPSA) is 50.3 Å². The van der Waals surface area contributed by atoms with Crippen molar-refractivity contribution in [2.24, 2.45) is 0 Å². The van der Waals surface area contributed by atoms with Gasteiger partial charge >= 0.3 is 0 Å². The van der Waals surface area contributed by atoms with Crippen LogP contribution in [-0.4, -0.2) is 35.7 Å². The van der Waals surface area contributed by atoms with Crippen LogP contribution in [0.5, 0.6) is 5.88 Å². The lowest BCUT2D eigenvalue weighted by Crippen LogP contribution is -2.27. The Morgan fingerprint density at radius 1 is 1.30 bits per heavy atom. The maximum atomic E-state index is 13.9. The van der Waals surface area contributed by atoms with Crippen LogP contribution in [0, 0.1) is 11.6 Å². The summed E-state index contributed by atoms with van der Waals surface area (Å²) in [5, 5.41) is 3.26. The predicted octanol–water partition coefficient (Wildman–Crippen LogP) is 2.84. The molecular weight excluding hydrogens is 302 g/mol. The highest BCUT2D eigenvalue weighted by molar-refractivity contribution is 5.51. The van der Waals surface area contributed by atoms with E-state index >= 15 is 0 Å². The maximum absolute atomic E-state index is 13.9. The van der Waals surface area contributed by atoms with Gasteiger partial charge in [-0.3, -0.25) is 0 Å². The first-order valence-corrected chi connectivity index (χ1v) is 7.57. The maximum Gasteiger partial charge on any atom is 0.218 e. The van der Waals surface area contributed by atoms with E-state index in [9.17, 15) is 8.78 Å². The van der Waals surface area contributed by atoms with Crippen molar-refractivity contribution in [2.75, 3.05) is 29.9 Å². The van der Waals surface area contributed by atoms with Crippen LogP contribution in [-0.2, 0) is 0 Å². The second kappa shape index (κ2) is 6.76. The quantitative estimate of drug-likeness (QED) is 0.918. The number of benzene rings is 1. The molecule has 0 spiro atoms. The van der Waals surface area contributed by atoms with Crippen molar-refractivity contribution in [3.63, 3.8) is 0 Å². The van der Waals surface area contributed by atoms with Gasteiger partial charge in [-0.05, 0) is 25.5 Å². The number of ether oxygens (including phenoxy) is 1. The lowest BCUT2D eigenvalue weighted by atomic mass is 10.2. The number of nitrogens with zero attached hydrogens (tertiary/aromatic N) is 3. The Labute approximate surface area is 133 Å². The summed E-state index contributed by atoms with van der Waals surface area (Å²) in [6.45, 7) is 3.50. The van der Waals surface area contributed by atoms with Gasteiger partial charge in [-0.1, -0.05) is 6.07 Å². The van der Waals surface area contributed by atoms with Gasteiger partial charge in [0.1, 0.15) is 29.5 Å². The van der Waals surface area contributed by atoms with Crippen LogP contribution in [0.1, 0.15) is 13.3 Å². The Hall–Kier alpha value is -2.44. The number of anilines is 2. The average Bonchev–Trinajstić information content (AvgIpc) is 2.96. The van der Waals surface area contributed by atoms with Crippen molar-refractivity contribution in [1.82, 2.24) is 9.97 Å². The molecule has 1 aromatic heterocycles. The highest BCUT2D eigenvalue weighted by Crippen LogP contribution is 2.27. The predicted molar refractivity (Wildman–Crippen MR) is 83.8 cm³/mol. The van der Waals surface area contributed by atoms with E-state index in [-0.39, 0.29) is 11.7 Å². The Balaban J connectivity index is 1.67. The summed E-state index contributed by atoms with van der Waals surface area (Å²) in [5.74, 6) is 0.0712. The number of aromatic nitrogens is 2. The third-order valence-electron chi connectivity index (χ3n) is 3.73. The molecule has 1 atom stereocenters. The molecule has 1 unspecified atom stereocenters. The minimum atomic E-state index is -0.536. The molecule has 0 aliphatic carbocycles. The van der Waals surface area contributed by atoms with Gasteiger partial charge in [0.2, 0.25) is 5.88 Å². The van der Waals surface area contributed by atoms with Gasteiger partial charge in [0, 0.05) is 25.2 Å². The van der Waals surface area contributed by atoms with Crippen molar-refractivity contribution in [3.05, 3.63) is 42.2 Å². The first-order chi connectivity index (χ1) is 11.2. The molecule has 1 aliphatic rings. The molecule has 2 heterocycles. The SMILES string of the molecule is CCOc1cc(NC2CCN(c3c(F)cccc3F)C2)ncn1. The van der Waals surface area contributed by atoms with Crippen LogP contribution >= 0.6 is 0 Å². The summed E-state index contributed by atoms with van der Waals surface area (Å²) in [4.78, 5) is 9.87. The van der Waals surface area contributed by atoms with Gasteiger partial charge in [-0.25, -0.2) is 18.7 Å². The standard InChI is InChI=1S/C16H18F2N4O/c1-2-23-15-8-14(19-10-20-15)21-11-6-7-22(9-11)16-12(17)4-3-5-13(16)18/h3-5,8,10-11H,2,6-7,9H2,1H3,(H,19,20,21). The molecule has 2 aromatic rings. The molecule has 0 radical (unpaired) electrons. The fourth-order valence-corrected chi connectivity index (χ4v) is 2.73. The first-order valence-electron chi connectivity index (χ1n) is 7.57. The molecule has 1 aromatic carbocycles. The first kappa shape index (κ1) is 15.5. The van der Waals surface area contributed by atoms with Crippen LogP contribution in [0.3, 0.4) is 0 Å². The number of halogens is 2. The number of para-hydroxylation sites is 1. The molecule has 23 heavy (non-hydrogen) atoms. The second-order valence-corrected chi connectivity index (χ2v) is 5.32. The van der Waals surface area contributed by atoms with Crippen LogP contribution in [0.2, 0.25) is 0 Å². The van der Waals surface area contributed by atoms with Gasteiger partial charge in [-0.15, -0.1) is 0 Å². The van der Waals surface area contributed by atoms with Crippen LogP contribution in [0.4, 0.5) is 20.3 Å². The van der Waals surface area contributed by atoms with E-state index in [4.69, 9.17) is 4.74 Å². The van der Waals surface area contributed by atoms with Crippen molar-refractivity contribution in [2.45, 2.75) is 19.4 Å². The smallest absolute Gasteiger partial charge is 0.218 e. The van der Waals surface area contributed by atoms with E-state index in [0.717, 1.165) is 6.42 Å². The lowest BCUT2D eigenvalue weighted by molar-refractivity contribution is 0.326. The third kappa shape index (κ3) is 3.49. The van der Waals surface area contributed by atoms with Crippen molar-refractivity contribution < 1.29 is 13.5 Å². The summed E-state index contributed by atoms with van der Waals surface area (Å²) in [7, 11) is 0. The number of rotatable bonds is 5. The highest BCUT2D eigenvalue weighted by Gasteiger charge is 2.26. The molecule has 1 aliphatic heterocycles. The van der Waals surface area contributed by atoms with Crippen molar-refractivity contribution in [1.29, 1.82) is 0 Å². The monoisotopic (exact) mass is 320 g/mol. The lowest BCUT2D eigenvalue weighted by Gasteiger charge is -2.20. The van der Waals surface area contributed by atoms with Crippen LogP contribution in [0.25, 0.3) is 0 Å². The van der Waals surface area contributed by atoms with Crippen LogP contribution in [0.15, 0.2) is 30.6 Å².